The molecule has 0 radical (unpaired) electrons. The molecule has 0 aliphatic carbocycles. The highest BCUT2D eigenvalue weighted by Gasteiger charge is 2.09. The number of nitrogens with zero attached hydrogens (tertiary/aromatic N) is 2. The maximum absolute atomic E-state index is 11.1. The van der Waals surface area contributed by atoms with Gasteiger partial charge >= 0.3 is 0 Å². The van der Waals surface area contributed by atoms with Crippen LogP contribution in [0.1, 0.15) is 0 Å². The van der Waals surface area contributed by atoms with Gasteiger partial charge in [-0.15, -0.1) is 0 Å². The number of rotatable bonds is 4. The Hall–Kier alpha value is -1.08. The number of hydrogen-bond acceptors (Lipinski definition) is 4. The molecular weight excluding hydrogens is 194 g/mol. The van der Waals surface area contributed by atoms with Crippen LogP contribution >= 0.6 is 0 Å². The smallest absolute Gasteiger partial charge is 0.235 e. The van der Waals surface area contributed by atoms with E-state index in [9.17, 15) is 8.42 Å². The van der Waals surface area contributed by atoms with E-state index in [1.54, 1.807) is 7.05 Å². The van der Waals surface area contributed by atoms with Crippen LogP contribution in [0.25, 0.3) is 0 Å². The molecule has 1 aromatic heterocycles. The van der Waals surface area contributed by atoms with Gasteiger partial charge in [0.15, 0.2) is 0 Å². The minimum Gasteiger partial charge on any atom is -0.395 e. The SMILES string of the molecule is Cn1cc(NS(=O)(=O)CCO)cn1. The summed E-state index contributed by atoms with van der Waals surface area (Å²) in [5.41, 5.74) is 0.399. The van der Waals surface area contributed by atoms with Gasteiger partial charge in [0, 0.05) is 13.2 Å². The summed E-state index contributed by atoms with van der Waals surface area (Å²) in [6, 6.07) is 0. The van der Waals surface area contributed by atoms with Crippen molar-refractivity contribution in [3.05, 3.63) is 12.4 Å². The fraction of sp³-hybridized carbons (Fsp3) is 0.500. The average Bonchev–Trinajstić information content (AvgIpc) is 2.34. The van der Waals surface area contributed by atoms with Crippen LogP contribution in [0.3, 0.4) is 0 Å². The van der Waals surface area contributed by atoms with E-state index in [2.05, 4.69) is 9.82 Å². The van der Waals surface area contributed by atoms with E-state index in [0.29, 0.717) is 5.69 Å². The average molecular weight is 205 g/mol. The van der Waals surface area contributed by atoms with Crippen molar-refractivity contribution in [2.24, 2.45) is 7.05 Å². The van der Waals surface area contributed by atoms with Gasteiger partial charge in [0.25, 0.3) is 0 Å². The highest BCUT2D eigenvalue weighted by atomic mass is 32.2. The highest BCUT2D eigenvalue weighted by molar-refractivity contribution is 7.92. The zero-order valence-electron chi connectivity index (χ0n) is 7.14. The van der Waals surface area contributed by atoms with Crippen molar-refractivity contribution in [1.29, 1.82) is 0 Å². The van der Waals surface area contributed by atoms with Crippen LogP contribution in [0.4, 0.5) is 5.69 Å². The maximum Gasteiger partial charge on any atom is 0.235 e. The second kappa shape index (κ2) is 3.75. The first-order valence-corrected chi connectivity index (χ1v) is 5.29. The third-order valence-corrected chi connectivity index (χ3v) is 2.60. The molecule has 0 fully saturated rings. The van der Waals surface area contributed by atoms with Crippen LogP contribution in [-0.4, -0.2) is 35.7 Å². The standard InChI is InChI=1S/C6H11N3O3S/c1-9-5-6(4-7-9)8-13(11,12)3-2-10/h4-5,8,10H,2-3H2,1H3. The van der Waals surface area contributed by atoms with Crippen molar-refractivity contribution in [2.45, 2.75) is 0 Å². The molecule has 0 bridgehead atoms. The van der Waals surface area contributed by atoms with E-state index < -0.39 is 16.6 Å². The molecule has 2 N–H and O–H groups in total. The topological polar surface area (TPSA) is 84.2 Å². The Morgan fingerprint density at radius 1 is 1.69 bits per heavy atom. The van der Waals surface area contributed by atoms with Crippen LogP contribution < -0.4 is 4.72 Å². The van der Waals surface area contributed by atoms with E-state index in [0.717, 1.165) is 0 Å². The number of aryl methyl sites for hydroxylation is 1. The van der Waals surface area contributed by atoms with Crippen molar-refractivity contribution in [1.82, 2.24) is 9.78 Å². The summed E-state index contributed by atoms with van der Waals surface area (Å²) < 4.78 is 26.0. The number of aliphatic hydroxyl groups excluding tert-OH is 1. The minimum absolute atomic E-state index is 0.304. The van der Waals surface area contributed by atoms with Crippen molar-refractivity contribution < 1.29 is 13.5 Å². The highest BCUT2D eigenvalue weighted by Crippen LogP contribution is 2.05. The molecule has 0 aliphatic heterocycles. The molecule has 0 aliphatic rings. The van der Waals surface area contributed by atoms with E-state index in [1.165, 1.54) is 17.1 Å². The van der Waals surface area contributed by atoms with E-state index >= 15 is 0 Å². The molecule has 0 saturated carbocycles. The van der Waals surface area contributed by atoms with Gasteiger partial charge in [-0.05, 0) is 0 Å². The van der Waals surface area contributed by atoms with Gasteiger partial charge in [-0.25, -0.2) is 8.42 Å². The predicted octanol–water partition coefficient (Wildman–Crippen LogP) is -0.846. The van der Waals surface area contributed by atoms with Crippen molar-refractivity contribution in [2.75, 3.05) is 17.1 Å². The lowest BCUT2D eigenvalue weighted by molar-refractivity contribution is 0.320. The lowest BCUT2D eigenvalue weighted by Crippen LogP contribution is -2.18. The maximum atomic E-state index is 11.1. The summed E-state index contributed by atoms with van der Waals surface area (Å²) in [6.45, 7) is -0.393. The van der Waals surface area contributed by atoms with Crippen LogP contribution in [0.15, 0.2) is 12.4 Å². The van der Waals surface area contributed by atoms with Crippen LogP contribution in [0.5, 0.6) is 0 Å². The fourth-order valence-corrected chi connectivity index (χ4v) is 1.63. The van der Waals surface area contributed by atoms with Crippen molar-refractivity contribution in [3.63, 3.8) is 0 Å². The molecule has 0 atom stereocenters. The minimum atomic E-state index is -3.42. The monoisotopic (exact) mass is 205 g/mol. The molecule has 1 heterocycles. The zero-order valence-corrected chi connectivity index (χ0v) is 7.95. The van der Waals surface area contributed by atoms with E-state index in [-0.39, 0.29) is 5.75 Å². The van der Waals surface area contributed by atoms with Gasteiger partial charge in [-0.3, -0.25) is 9.40 Å². The molecule has 1 rings (SSSR count). The fourth-order valence-electron chi connectivity index (χ4n) is 0.825. The van der Waals surface area contributed by atoms with Crippen molar-refractivity contribution in [3.8, 4) is 0 Å². The van der Waals surface area contributed by atoms with Gasteiger partial charge in [0.05, 0.1) is 24.2 Å². The van der Waals surface area contributed by atoms with Gasteiger partial charge < -0.3 is 5.11 Å². The third kappa shape index (κ3) is 3.03. The number of sulfonamides is 1. The molecule has 13 heavy (non-hydrogen) atoms. The largest absolute Gasteiger partial charge is 0.395 e. The van der Waals surface area contributed by atoms with Crippen LogP contribution in [0, 0.1) is 0 Å². The number of hydrogen-bond donors (Lipinski definition) is 2. The zero-order chi connectivity index (χ0) is 9.90. The molecular formula is C6H11N3O3S. The molecule has 0 aromatic carbocycles. The van der Waals surface area contributed by atoms with Gasteiger partial charge in [-0.2, -0.15) is 5.10 Å². The molecule has 74 valence electrons. The quantitative estimate of drug-likeness (QED) is 0.671. The lowest BCUT2D eigenvalue weighted by atomic mass is 10.6. The molecule has 1 aromatic rings. The molecule has 7 heteroatoms. The molecule has 0 spiro atoms. The van der Waals surface area contributed by atoms with Crippen LogP contribution in [-0.2, 0) is 17.1 Å². The lowest BCUT2D eigenvalue weighted by Gasteiger charge is -2.02. The summed E-state index contributed by atoms with van der Waals surface area (Å²) in [6.07, 6.45) is 2.93. The molecule has 0 unspecified atom stereocenters. The Balaban J connectivity index is 2.69. The number of aromatic nitrogens is 2. The number of aliphatic hydroxyl groups is 1. The summed E-state index contributed by atoms with van der Waals surface area (Å²) in [5, 5.41) is 12.2. The Bertz CT molecular complexity index is 370. The third-order valence-electron chi connectivity index (χ3n) is 1.34. The summed E-state index contributed by atoms with van der Waals surface area (Å²) >= 11 is 0. The number of nitrogens with one attached hydrogen (secondary N) is 1. The second-order valence-corrected chi connectivity index (χ2v) is 4.39. The van der Waals surface area contributed by atoms with Crippen molar-refractivity contribution >= 4 is 15.7 Å². The van der Waals surface area contributed by atoms with Gasteiger partial charge in [0.2, 0.25) is 10.0 Å². The predicted molar refractivity (Wildman–Crippen MR) is 47.7 cm³/mol. The first-order chi connectivity index (χ1) is 6.03. The van der Waals surface area contributed by atoms with Gasteiger partial charge in [0.1, 0.15) is 0 Å². The second-order valence-electron chi connectivity index (χ2n) is 2.55. The Labute approximate surface area is 76.2 Å². The Kier molecular flexibility index (Phi) is 2.89. The molecule has 0 amide bonds. The Morgan fingerprint density at radius 2 is 2.38 bits per heavy atom. The first-order valence-electron chi connectivity index (χ1n) is 3.63. The molecule has 0 saturated heterocycles. The number of anilines is 1. The van der Waals surface area contributed by atoms with Gasteiger partial charge in [-0.1, -0.05) is 0 Å². The summed E-state index contributed by atoms with van der Waals surface area (Å²) in [5.74, 6) is -0.304. The summed E-state index contributed by atoms with van der Waals surface area (Å²) in [7, 11) is -1.74. The van der Waals surface area contributed by atoms with E-state index in [1.807, 2.05) is 0 Å². The first kappa shape index (κ1) is 10.0. The van der Waals surface area contributed by atoms with Crippen LogP contribution in [0.2, 0.25) is 0 Å². The summed E-state index contributed by atoms with van der Waals surface area (Å²) in [4.78, 5) is 0. The molecule has 6 nitrogen and oxygen atoms in total. The normalized spacial score (nSPS) is 11.5. The van der Waals surface area contributed by atoms with E-state index in [4.69, 9.17) is 5.11 Å². The Morgan fingerprint density at radius 3 is 2.85 bits per heavy atom.